The van der Waals surface area contributed by atoms with Crippen molar-refractivity contribution in [2.24, 2.45) is 0 Å². The number of rotatable bonds is 4. The first kappa shape index (κ1) is 17.0. The molecule has 0 aliphatic rings. The van der Waals surface area contributed by atoms with E-state index in [1.807, 2.05) is 55.5 Å². The summed E-state index contributed by atoms with van der Waals surface area (Å²) in [5, 5.41) is 5.28. The molecule has 128 valence electrons. The second-order valence-electron chi connectivity index (χ2n) is 6.58. The van der Waals surface area contributed by atoms with Gasteiger partial charge in [-0.05, 0) is 59.0 Å². The molecule has 0 spiro atoms. The molecule has 0 atom stereocenters. The van der Waals surface area contributed by atoms with E-state index in [0.717, 1.165) is 33.3 Å². The summed E-state index contributed by atoms with van der Waals surface area (Å²) in [6.45, 7) is 6.12. The van der Waals surface area contributed by atoms with Crippen molar-refractivity contribution >= 4 is 22.4 Å². The van der Waals surface area contributed by atoms with Crippen LogP contribution in [0.5, 0.6) is 5.75 Å². The molecular weight excluding hydrogens is 310 g/mol. The van der Waals surface area contributed by atoms with E-state index < -0.39 is 0 Å². The molecule has 3 heteroatoms. The lowest BCUT2D eigenvalue weighted by Gasteiger charge is -2.16. The molecule has 0 heterocycles. The largest absolute Gasteiger partial charge is 0.496 e. The van der Waals surface area contributed by atoms with Crippen LogP contribution in [0.4, 0.5) is 5.69 Å². The summed E-state index contributed by atoms with van der Waals surface area (Å²) in [6.07, 6.45) is 0. The second kappa shape index (κ2) is 6.98. The monoisotopic (exact) mass is 333 g/mol. The van der Waals surface area contributed by atoms with Gasteiger partial charge in [0.05, 0.1) is 7.11 Å². The average molecular weight is 333 g/mol. The summed E-state index contributed by atoms with van der Waals surface area (Å²) in [6, 6.07) is 17.9. The molecule has 0 saturated carbocycles. The third-order valence-electron chi connectivity index (χ3n) is 4.45. The molecule has 0 fully saturated rings. The van der Waals surface area contributed by atoms with Crippen molar-refractivity contribution in [2.75, 3.05) is 12.4 Å². The fraction of sp³-hybridized carbons (Fsp3) is 0.227. The number of benzene rings is 3. The van der Waals surface area contributed by atoms with Gasteiger partial charge in [-0.3, -0.25) is 4.79 Å². The zero-order chi connectivity index (χ0) is 18.0. The Morgan fingerprint density at radius 3 is 2.40 bits per heavy atom. The van der Waals surface area contributed by atoms with Crippen LogP contribution < -0.4 is 10.1 Å². The van der Waals surface area contributed by atoms with Gasteiger partial charge in [-0.1, -0.05) is 44.2 Å². The quantitative estimate of drug-likeness (QED) is 0.681. The van der Waals surface area contributed by atoms with Gasteiger partial charge in [0.1, 0.15) is 5.75 Å². The number of hydrogen-bond donors (Lipinski definition) is 1. The van der Waals surface area contributed by atoms with E-state index in [2.05, 4.69) is 25.2 Å². The summed E-state index contributed by atoms with van der Waals surface area (Å²) < 4.78 is 5.46. The van der Waals surface area contributed by atoms with Crippen molar-refractivity contribution in [2.45, 2.75) is 26.7 Å². The van der Waals surface area contributed by atoms with Crippen LogP contribution in [0.3, 0.4) is 0 Å². The van der Waals surface area contributed by atoms with Gasteiger partial charge in [0, 0.05) is 11.3 Å². The number of anilines is 1. The van der Waals surface area contributed by atoms with Crippen LogP contribution in [0, 0.1) is 6.92 Å². The number of nitrogens with one attached hydrogen (secondary N) is 1. The standard InChI is InChI=1S/C22H23NO2/c1-14(2)19-13-20(15(3)11-21(19)25-4)22(24)23-18-10-9-16-7-5-6-8-17(16)12-18/h5-14H,1-4H3,(H,23,24). The Labute approximate surface area is 148 Å². The van der Waals surface area contributed by atoms with E-state index >= 15 is 0 Å². The lowest BCUT2D eigenvalue weighted by molar-refractivity contribution is 0.102. The Morgan fingerprint density at radius 2 is 1.72 bits per heavy atom. The van der Waals surface area contributed by atoms with Gasteiger partial charge in [-0.2, -0.15) is 0 Å². The molecule has 3 aromatic rings. The van der Waals surface area contributed by atoms with Crippen LogP contribution in [-0.2, 0) is 0 Å². The minimum atomic E-state index is -0.0997. The summed E-state index contributed by atoms with van der Waals surface area (Å²) in [5.74, 6) is 1.01. The van der Waals surface area contributed by atoms with Crippen molar-refractivity contribution in [1.82, 2.24) is 0 Å². The maximum Gasteiger partial charge on any atom is 0.255 e. The molecule has 0 aromatic heterocycles. The van der Waals surface area contributed by atoms with Crippen LogP contribution in [0.2, 0.25) is 0 Å². The summed E-state index contributed by atoms with van der Waals surface area (Å²) in [7, 11) is 1.66. The van der Waals surface area contributed by atoms with Gasteiger partial charge >= 0.3 is 0 Å². The predicted octanol–water partition coefficient (Wildman–Crippen LogP) is 5.53. The van der Waals surface area contributed by atoms with E-state index in [1.165, 1.54) is 0 Å². The van der Waals surface area contributed by atoms with Crippen LogP contribution in [0.15, 0.2) is 54.6 Å². The van der Waals surface area contributed by atoms with Gasteiger partial charge in [0.15, 0.2) is 0 Å². The number of amides is 1. The molecule has 0 saturated heterocycles. The first-order chi connectivity index (χ1) is 12.0. The number of methoxy groups -OCH3 is 1. The molecule has 1 amide bonds. The van der Waals surface area contributed by atoms with Crippen molar-refractivity contribution in [3.63, 3.8) is 0 Å². The Balaban J connectivity index is 1.93. The summed E-state index contributed by atoms with van der Waals surface area (Å²) in [5.41, 5.74) is 3.42. The smallest absolute Gasteiger partial charge is 0.255 e. The summed E-state index contributed by atoms with van der Waals surface area (Å²) in [4.78, 5) is 12.8. The van der Waals surface area contributed by atoms with Crippen LogP contribution >= 0.6 is 0 Å². The van der Waals surface area contributed by atoms with E-state index in [0.29, 0.717) is 5.56 Å². The third kappa shape index (κ3) is 3.50. The van der Waals surface area contributed by atoms with E-state index in [-0.39, 0.29) is 11.8 Å². The highest BCUT2D eigenvalue weighted by molar-refractivity contribution is 6.06. The second-order valence-corrected chi connectivity index (χ2v) is 6.58. The van der Waals surface area contributed by atoms with Crippen LogP contribution in [0.25, 0.3) is 10.8 Å². The Hall–Kier alpha value is -2.81. The molecule has 0 radical (unpaired) electrons. The molecule has 3 rings (SSSR count). The minimum absolute atomic E-state index is 0.0997. The van der Waals surface area contributed by atoms with Crippen molar-refractivity contribution in [1.29, 1.82) is 0 Å². The number of fused-ring (bicyclic) bond motifs is 1. The van der Waals surface area contributed by atoms with Gasteiger partial charge in [0.2, 0.25) is 0 Å². The normalized spacial score (nSPS) is 10.9. The Morgan fingerprint density at radius 1 is 1.00 bits per heavy atom. The summed E-state index contributed by atoms with van der Waals surface area (Å²) >= 11 is 0. The van der Waals surface area contributed by atoms with Crippen LogP contribution in [-0.4, -0.2) is 13.0 Å². The van der Waals surface area contributed by atoms with Crippen molar-refractivity contribution in [3.05, 3.63) is 71.3 Å². The molecule has 0 aliphatic carbocycles. The maximum absolute atomic E-state index is 12.8. The third-order valence-corrected chi connectivity index (χ3v) is 4.45. The highest BCUT2D eigenvalue weighted by atomic mass is 16.5. The first-order valence-corrected chi connectivity index (χ1v) is 8.48. The lowest BCUT2D eigenvalue weighted by Crippen LogP contribution is -2.14. The van der Waals surface area contributed by atoms with Gasteiger partial charge in [-0.15, -0.1) is 0 Å². The van der Waals surface area contributed by atoms with E-state index in [4.69, 9.17) is 4.74 Å². The SMILES string of the molecule is COc1cc(C)c(C(=O)Nc2ccc3ccccc3c2)cc1C(C)C. The number of aryl methyl sites for hydroxylation is 1. The fourth-order valence-electron chi connectivity index (χ4n) is 3.04. The van der Waals surface area contributed by atoms with Gasteiger partial charge in [-0.25, -0.2) is 0 Å². The van der Waals surface area contributed by atoms with Crippen molar-refractivity contribution < 1.29 is 9.53 Å². The fourth-order valence-corrected chi connectivity index (χ4v) is 3.04. The number of ether oxygens (including phenoxy) is 1. The number of hydrogen-bond acceptors (Lipinski definition) is 2. The Kier molecular flexibility index (Phi) is 4.75. The number of carbonyl (C=O) groups excluding carboxylic acids is 1. The molecular formula is C22H23NO2. The topological polar surface area (TPSA) is 38.3 Å². The predicted molar refractivity (Wildman–Crippen MR) is 104 cm³/mol. The Bertz CT molecular complexity index is 928. The highest BCUT2D eigenvalue weighted by Gasteiger charge is 2.16. The molecule has 3 nitrogen and oxygen atoms in total. The maximum atomic E-state index is 12.8. The van der Waals surface area contributed by atoms with E-state index in [1.54, 1.807) is 7.11 Å². The molecule has 3 aromatic carbocycles. The average Bonchev–Trinajstić information content (AvgIpc) is 2.60. The lowest BCUT2D eigenvalue weighted by atomic mass is 9.96. The van der Waals surface area contributed by atoms with E-state index in [9.17, 15) is 4.79 Å². The first-order valence-electron chi connectivity index (χ1n) is 8.48. The van der Waals surface area contributed by atoms with Gasteiger partial charge in [0.25, 0.3) is 5.91 Å². The minimum Gasteiger partial charge on any atom is -0.496 e. The van der Waals surface area contributed by atoms with Crippen LogP contribution in [0.1, 0.15) is 41.3 Å². The zero-order valence-electron chi connectivity index (χ0n) is 15.1. The number of carbonyl (C=O) groups is 1. The zero-order valence-corrected chi connectivity index (χ0v) is 15.1. The molecule has 1 N–H and O–H groups in total. The van der Waals surface area contributed by atoms with Gasteiger partial charge < -0.3 is 10.1 Å². The highest BCUT2D eigenvalue weighted by Crippen LogP contribution is 2.30. The molecule has 0 aliphatic heterocycles. The van der Waals surface area contributed by atoms with Crippen molar-refractivity contribution in [3.8, 4) is 5.75 Å². The molecule has 25 heavy (non-hydrogen) atoms. The molecule has 0 bridgehead atoms. The molecule has 0 unspecified atom stereocenters.